The number of anilines is 1. The van der Waals surface area contributed by atoms with Crippen LogP contribution in [0.15, 0.2) is 53.9 Å². The highest BCUT2D eigenvalue weighted by Gasteiger charge is 2.22. The Kier molecular flexibility index (Phi) is 7.37. The second-order valence-electron chi connectivity index (χ2n) is 7.40. The molecule has 1 atom stereocenters. The number of esters is 1. The van der Waals surface area contributed by atoms with Crippen LogP contribution in [0.5, 0.6) is 5.75 Å². The predicted molar refractivity (Wildman–Crippen MR) is 123 cm³/mol. The van der Waals surface area contributed by atoms with Crippen LogP contribution in [-0.2, 0) is 9.53 Å². The number of nitrogens with zero attached hydrogens (tertiary/aromatic N) is 1. The van der Waals surface area contributed by atoms with Crippen LogP contribution in [0.4, 0.5) is 5.69 Å². The van der Waals surface area contributed by atoms with Gasteiger partial charge in [-0.3, -0.25) is 9.59 Å². The molecule has 1 N–H and O–H groups in total. The van der Waals surface area contributed by atoms with Gasteiger partial charge < -0.3 is 14.8 Å². The molecular weight excluding hydrogens is 428 g/mol. The van der Waals surface area contributed by atoms with Crippen LogP contribution < -0.4 is 10.1 Å². The molecule has 0 radical (unpaired) electrons. The molecule has 0 saturated carbocycles. The second kappa shape index (κ2) is 10.2. The van der Waals surface area contributed by atoms with Crippen molar-refractivity contribution in [1.29, 1.82) is 0 Å². The third-order valence-corrected chi connectivity index (χ3v) is 5.56. The fourth-order valence-corrected chi connectivity index (χ4v) is 3.54. The van der Waals surface area contributed by atoms with Gasteiger partial charge in [0.1, 0.15) is 10.8 Å². The number of carbonyl (C=O) groups excluding carboxylic acids is 3. The number of ketones is 1. The molecule has 32 heavy (non-hydrogen) atoms. The SMILES string of the molecule is COc1ccc(-c2nc(C(=O)OC(C)C(=O)c3ccc(NC(=O)C(C)C)cc3)cs2)cc1. The van der Waals surface area contributed by atoms with Crippen molar-refractivity contribution in [2.45, 2.75) is 26.9 Å². The molecule has 0 aliphatic carbocycles. The molecule has 1 aromatic heterocycles. The molecule has 0 spiro atoms. The molecule has 166 valence electrons. The number of amides is 1. The Labute approximate surface area is 190 Å². The smallest absolute Gasteiger partial charge is 0.358 e. The maximum atomic E-state index is 12.6. The lowest BCUT2D eigenvalue weighted by Gasteiger charge is -2.12. The van der Waals surface area contributed by atoms with Gasteiger partial charge in [0.2, 0.25) is 11.7 Å². The summed E-state index contributed by atoms with van der Waals surface area (Å²) in [6.07, 6.45) is -0.982. The van der Waals surface area contributed by atoms with Crippen molar-refractivity contribution >= 4 is 34.7 Å². The van der Waals surface area contributed by atoms with E-state index in [1.807, 2.05) is 24.3 Å². The number of Topliss-reactive ketones (excluding diaryl/α,β-unsaturated/α-hetero) is 1. The van der Waals surface area contributed by atoms with Crippen LogP contribution in [0.25, 0.3) is 10.6 Å². The quantitative estimate of drug-likeness (QED) is 0.388. The number of nitrogens with one attached hydrogen (secondary N) is 1. The molecule has 8 heteroatoms. The number of methoxy groups -OCH3 is 1. The normalized spacial score (nSPS) is 11.7. The average molecular weight is 453 g/mol. The summed E-state index contributed by atoms with van der Waals surface area (Å²) < 4.78 is 10.5. The van der Waals surface area contributed by atoms with Gasteiger partial charge in [-0.15, -0.1) is 11.3 Å². The largest absolute Gasteiger partial charge is 0.497 e. The zero-order valence-corrected chi connectivity index (χ0v) is 19.1. The lowest BCUT2D eigenvalue weighted by atomic mass is 10.1. The van der Waals surface area contributed by atoms with Gasteiger partial charge in [-0.1, -0.05) is 13.8 Å². The molecule has 0 bridgehead atoms. The van der Waals surface area contributed by atoms with E-state index in [9.17, 15) is 14.4 Å². The van der Waals surface area contributed by atoms with Crippen LogP contribution >= 0.6 is 11.3 Å². The van der Waals surface area contributed by atoms with E-state index in [4.69, 9.17) is 9.47 Å². The lowest BCUT2D eigenvalue weighted by Crippen LogP contribution is -2.24. The summed E-state index contributed by atoms with van der Waals surface area (Å²) in [7, 11) is 1.59. The summed E-state index contributed by atoms with van der Waals surface area (Å²) in [5.74, 6) is -0.531. The van der Waals surface area contributed by atoms with Gasteiger partial charge in [0.15, 0.2) is 11.8 Å². The summed E-state index contributed by atoms with van der Waals surface area (Å²) in [6, 6.07) is 13.8. The molecule has 3 rings (SSSR count). The first kappa shape index (κ1) is 23.1. The van der Waals surface area contributed by atoms with Crippen LogP contribution in [0.2, 0.25) is 0 Å². The number of hydrogen-bond acceptors (Lipinski definition) is 7. The van der Waals surface area contributed by atoms with E-state index in [1.54, 1.807) is 50.6 Å². The molecule has 0 fully saturated rings. The Morgan fingerprint density at radius 1 is 0.969 bits per heavy atom. The molecule has 0 aliphatic heterocycles. The highest BCUT2D eigenvalue weighted by atomic mass is 32.1. The molecule has 0 saturated heterocycles. The van der Waals surface area contributed by atoms with Gasteiger partial charge in [0.05, 0.1) is 7.11 Å². The average Bonchev–Trinajstić information content (AvgIpc) is 3.29. The number of ether oxygens (including phenoxy) is 2. The number of benzene rings is 2. The van der Waals surface area contributed by atoms with Gasteiger partial charge in [-0.25, -0.2) is 9.78 Å². The van der Waals surface area contributed by atoms with Crippen molar-refractivity contribution in [2.75, 3.05) is 12.4 Å². The third kappa shape index (κ3) is 5.59. The monoisotopic (exact) mass is 452 g/mol. The van der Waals surface area contributed by atoms with Crippen LogP contribution in [0.3, 0.4) is 0 Å². The van der Waals surface area contributed by atoms with Gasteiger partial charge in [0.25, 0.3) is 0 Å². The number of rotatable bonds is 8. The number of thiazole rings is 1. The first-order valence-electron chi connectivity index (χ1n) is 10.0. The van der Waals surface area contributed by atoms with E-state index in [0.717, 1.165) is 11.3 Å². The van der Waals surface area contributed by atoms with Crippen molar-refractivity contribution in [3.8, 4) is 16.3 Å². The second-order valence-corrected chi connectivity index (χ2v) is 8.26. The van der Waals surface area contributed by atoms with Crippen molar-refractivity contribution in [3.05, 3.63) is 65.2 Å². The molecule has 1 unspecified atom stereocenters. The molecule has 2 aromatic carbocycles. The van der Waals surface area contributed by atoms with Crippen molar-refractivity contribution < 1.29 is 23.9 Å². The first-order valence-corrected chi connectivity index (χ1v) is 10.9. The van der Waals surface area contributed by atoms with E-state index in [0.29, 0.717) is 16.3 Å². The topological polar surface area (TPSA) is 94.6 Å². The minimum absolute atomic E-state index is 0.108. The number of carbonyl (C=O) groups is 3. The first-order chi connectivity index (χ1) is 15.3. The Hall–Kier alpha value is -3.52. The fourth-order valence-electron chi connectivity index (χ4n) is 2.75. The number of hydrogen-bond donors (Lipinski definition) is 1. The standard InChI is InChI=1S/C24H24N2O5S/c1-14(2)22(28)25-18-9-5-16(6-10-18)21(27)15(3)31-24(29)20-13-32-23(26-20)17-7-11-19(30-4)12-8-17/h5-15H,1-4H3,(H,25,28). The Bertz CT molecular complexity index is 1100. The van der Waals surface area contributed by atoms with E-state index in [1.165, 1.54) is 18.3 Å². The van der Waals surface area contributed by atoms with Crippen molar-refractivity contribution in [2.24, 2.45) is 5.92 Å². The zero-order valence-electron chi connectivity index (χ0n) is 18.2. The summed E-state index contributed by atoms with van der Waals surface area (Å²) in [4.78, 5) is 41.2. The van der Waals surface area contributed by atoms with Gasteiger partial charge in [0, 0.05) is 28.1 Å². The Morgan fingerprint density at radius 3 is 2.22 bits per heavy atom. The van der Waals surface area contributed by atoms with Gasteiger partial charge in [-0.2, -0.15) is 0 Å². The summed E-state index contributed by atoms with van der Waals surface area (Å²) in [5.41, 5.74) is 1.97. The van der Waals surface area contributed by atoms with Crippen LogP contribution in [0, 0.1) is 5.92 Å². The Morgan fingerprint density at radius 2 is 1.62 bits per heavy atom. The van der Waals surface area contributed by atoms with Crippen molar-refractivity contribution in [3.63, 3.8) is 0 Å². The van der Waals surface area contributed by atoms with E-state index in [-0.39, 0.29) is 23.3 Å². The molecular formula is C24H24N2O5S. The summed E-state index contributed by atoms with van der Waals surface area (Å²) >= 11 is 1.31. The third-order valence-electron chi connectivity index (χ3n) is 4.66. The molecule has 3 aromatic rings. The maximum Gasteiger partial charge on any atom is 0.358 e. The van der Waals surface area contributed by atoms with Crippen LogP contribution in [0.1, 0.15) is 41.6 Å². The maximum absolute atomic E-state index is 12.6. The highest BCUT2D eigenvalue weighted by molar-refractivity contribution is 7.13. The highest BCUT2D eigenvalue weighted by Crippen LogP contribution is 2.26. The predicted octanol–water partition coefficient (Wildman–Crippen LogP) is 4.84. The van der Waals surface area contributed by atoms with Gasteiger partial charge in [-0.05, 0) is 55.5 Å². The lowest BCUT2D eigenvalue weighted by molar-refractivity contribution is -0.118. The molecule has 1 heterocycles. The van der Waals surface area contributed by atoms with Gasteiger partial charge >= 0.3 is 5.97 Å². The van der Waals surface area contributed by atoms with E-state index < -0.39 is 12.1 Å². The molecule has 0 aliphatic rings. The Balaban J connectivity index is 1.62. The fraction of sp³-hybridized carbons (Fsp3) is 0.250. The number of aromatic nitrogens is 1. The summed E-state index contributed by atoms with van der Waals surface area (Å²) in [6.45, 7) is 5.11. The zero-order chi connectivity index (χ0) is 23.3. The molecule has 7 nitrogen and oxygen atoms in total. The summed E-state index contributed by atoms with van der Waals surface area (Å²) in [5, 5.41) is 5.03. The van der Waals surface area contributed by atoms with Crippen molar-refractivity contribution in [1.82, 2.24) is 4.98 Å². The van der Waals surface area contributed by atoms with E-state index in [2.05, 4.69) is 10.3 Å². The van der Waals surface area contributed by atoms with E-state index >= 15 is 0 Å². The van der Waals surface area contributed by atoms with Crippen LogP contribution in [-0.4, -0.2) is 35.9 Å². The minimum atomic E-state index is -0.982. The molecule has 1 amide bonds. The minimum Gasteiger partial charge on any atom is -0.497 e.